The van der Waals surface area contributed by atoms with Crippen LogP contribution in [0, 0.1) is 5.92 Å². The minimum atomic E-state index is -3.73. The van der Waals surface area contributed by atoms with Crippen LogP contribution in [0.4, 0.5) is 0 Å². The van der Waals surface area contributed by atoms with E-state index in [1.807, 2.05) is 13.8 Å². The second-order valence-electron chi connectivity index (χ2n) is 2.69. The SMILES string of the molecule is CCC(C)CCP(=O)(O)O. The van der Waals surface area contributed by atoms with E-state index in [1.54, 1.807) is 0 Å². The van der Waals surface area contributed by atoms with Gasteiger partial charge in [-0.15, -0.1) is 0 Å². The van der Waals surface area contributed by atoms with Crippen LogP contribution in [0.2, 0.25) is 0 Å². The van der Waals surface area contributed by atoms with Crippen LogP contribution in [-0.2, 0) is 4.57 Å². The third-order valence-electron chi connectivity index (χ3n) is 1.61. The monoisotopic (exact) mass is 166 g/mol. The van der Waals surface area contributed by atoms with Crippen LogP contribution in [0.5, 0.6) is 0 Å². The lowest BCUT2D eigenvalue weighted by molar-refractivity contribution is 0.366. The van der Waals surface area contributed by atoms with Gasteiger partial charge in [0.05, 0.1) is 6.16 Å². The lowest BCUT2D eigenvalue weighted by Gasteiger charge is -2.08. The van der Waals surface area contributed by atoms with Gasteiger partial charge < -0.3 is 9.79 Å². The molecule has 10 heavy (non-hydrogen) atoms. The van der Waals surface area contributed by atoms with Crippen molar-refractivity contribution in [3.63, 3.8) is 0 Å². The van der Waals surface area contributed by atoms with E-state index in [4.69, 9.17) is 9.79 Å². The Balaban J connectivity index is 3.46. The second kappa shape index (κ2) is 4.12. The van der Waals surface area contributed by atoms with Gasteiger partial charge >= 0.3 is 7.60 Å². The first kappa shape index (κ1) is 10.2. The fraction of sp³-hybridized carbons (Fsp3) is 1.00. The third kappa shape index (κ3) is 6.27. The Bertz CT molecular complexity index is 129. The van der Waals surface area contributed by atoms with Crippen molar-refractivity contribution in [3.8, 4) is 0 Å². The van der Waals surface area contributed by atoms with E-state index in [0.717, 1.165) is 6.42 Å². The molecule has 0 saturated heterocycles. The first-order valence-electron chi connectivity index (χ1n) is 3.50. The molecule has 1 unspecified atom stereocenters. The molecule has 0 aromatic carbocycles. The summed E-state index contributed by atoms with van der Waals surface area (Å²) in [5.74, 6) is 0.424. The van der Waals surface area contributed by atoms with Crippen LogP contribution in [0.15, 0.2) is 0 Å². The van der Waals surface area contributed by atoms with E-state index in [2.05, 4.69) is 0 Å². The van der Waals surface area contributed by atoms with Crippen molar-refractivity contribution in [1.29, 1.82) is 0 Å². The predicted octanol–water partition coefficient (Wildman–Crippen LogP) is 1.60. The lowest BCUT2D eigenvalue weighted by Crippen LogP contribution is -1.96. The highest BCUT2D eigenvalue weighted by atomic mass is 31.2. The smallest absolute Gasteiger partial charge is 0.324 e. The molecule has 0 aliphatic heterocycles. The van der Waals surface area contributed by atoms with Crippen LogP contribution >= 0.6 is 7.60 Å². The van der Waals surface area contributed by atoms with Crippen molar-refractivity contribution in [2.24, 2.45) is 5.92 Å². The Morgan fingerprint density at radius 1 is 1.50 bits per heavy atom. The van der Waals surface area contributed by atoms with Gasteiger partial charge in [-0.05, 0) is 12.3 Å². The van der Waals surface area contributed by atoms with Crippen LogP contribution in [0.3, 0.4) is 0 Å². The average Bonchev–Trinajstić information content (AvgIpc) is 1.81. The summed E-state index contributed by atoms with van der Waals surface area (Å²) in [6.45, 7) is 4.01. The van der Waals surface area contributed by atoms with Gasteiger partial charge in [-0.25, -0.2) is 0 Å². The quantitative estimate of drug-likeness (QED) is 0.623. The van der Waals surface area contributed by atoms with Gasteiger partial charge in [0.2, 0.25) is 0 Å². The summed E-state index contributed by atoms with van der Waals surface area (Å²) >= 11 is 0. The Morgan fingerprint density at radius 3 is 2.30 bits per heavy atom. The Hall–Kier alpha value is 0.150. The van der Waals surface area contributed by atoms with Crippen molar-refractivity contribution in [2.45, 2.75) is 26.7 Å². The summed E-state index contributed by atoms with van der Waals surface area (Å²) < 4.78 is 10.3. The standard InChI is InChI=1S/C6H15O3P/c1-3-6(2)4-5-10(7,8)9/h6H,3-5H2,1-2H3,(H2,7,8,9). The van der Waals surface area contributed by atoms with Crippen molar-refractivity contribution >= 4 is 7.60 Å². The Morgan fingerprint density at radius 2 is 2.00 bits per heavy atom. The first-order chi connectivity index (χ1) is 4.45. The molecule has 0 amide bonds. The summed E-state index contributed by atoms with van der Waals surface area (Å²) in [7, 11) is -3.73. The molecule has 0 aliphatic carbocycles. The molecule has 0 aliphatic rings. The molecule has 4 heteroatoms. The van der Waals surface area contributed by atoms with Gasteiger partial charge in [-0.1, -0.05) is 20.3 Å². The normalized spacial score (nSPS) is 15.2. The zero-order valence-corrected chi connectivity index (χ0v) is 7.34. The maximum absolute atomic E-state index is 10.3. The largest absolute Gasteiger partial charge is 0.325 e. The molecule has 1 atom stereocenters. The zero-order chi connectivity index (χ0) is 8.20. The minimum absolute atomic E-state index is 0.0298. The number of rotatable bonds is 4. The van der Waals surface area contributed by atoms with Gasteiger partial charge in [0.25, 0.3) is 0 Å². The average molecular weight is 166 g/mol. The molecule has 0 saturated carbocycles. The van der Waals surface area contributed by atoms with Gasteiger partial charge in [0.15, 0.2) is 0 Å². The molecule has 3 nitrogen and oxygen atoms in total. The first-order valence-corrected chi connectivity index (χ1v) is 5.30. The molecule has 0 aromatic heterocycles. The van der Waals surface area contributed by atoms with Crippen molar-refractivity contribution < 1.29 is 14.4 Å². The molecule has 0 fully saturated rings. The molecule has 62 valence electrons. The fourth-order valence-electron chi connectivity index (χ4n) is 0.593. The van der Waals surface area contributed by atoms with Gasteiger partial charge in [0, 0.05) is 0 Å². The summed E-state index contributed by atoms with van der Waals surface area (Å²) in [4.78, 5) is 16.9. The molecule has 0 spiro atoms. The van der Waals surface area contributed by atoms with E-state index < -0.39 is 7.60 Å². The van der Waals surface area contributed by atoms with Crippen molar-refractivity contribution in [3.05, 3.63) is 0 Å². The molecule has 0 heterocycles. The van der Waals surface area contributed by atoms with Crippen molar-refractivity contribution in [1.82, 2.24) is 0 Å². The highest BCUT2D eigenvalue weighted by molar-refractivity contribution is 7.51. The molecule has 0 rings (SSSR count). The van der Waals surface area contributed by atoms with Gasteiger partial charge in [-0.3, -0.25) is 4.57 Å². The molecule has 0 aromatic rings. The van der Waals surface area contributed by atoms with Crippen LogP contribution in [-0.4, -0.2) is 15.9 Å². The number of hydrogen-bond donors (Lipinski definition) is 2. The summed E-state index contributed by atoms with van der Waals surface area (Å²) in [5.41, 5.74) is 0. The van der Waals surface area contributed by atoms with E-state index >= 15 is 0 Å². The lowest BCUT2D eigenvalue weighted by atomic mass is 10.1. The highest BCUT2D eigenvalue weighted by Gasteiger charge is 2.13. The van der Waals surface area contributed by atoms with E-state index in [-0.39, 0.29) is 6.16 Å². The van der Waals surface area contributed by atoms with Crippen LogP contribution in [0.25, 0.3) is 0 Å². The summed E-state index contributed by atoms with van der Waals surface area (Å²) in [6, 6.07) is 0. The molecular formula is C6H15O3P. The summed E-state index contributed by atoms with van der Waals surface area (Å²) in [5, 5.41) is 0. The van der Waals surface area contributed by atoms with Gasteiger partial charge in [-0.2, -0.15) is 0 Å². The van der Waals surface area contributed by atoms with E-state index in [0.29, 0.717) is 12.3 Å². The maximum atomic E-state index is 10.3. The van der Waals surface area contributed by atoms with E-state index in [1.165, 1.54) is 0 Å². The van der Waals surface area contributed by atoms with E-state index in [9.17, 15) is 4.57 Å². The second-order valence-corrected chi connectivity index (χ2v) is 4.47. The van der Waals surface area contributed by atoms with Crippen molar-refractivity contribution in [2.75, 3.05) is 6.16 Å². The Kier molecular flexibility index (Phi) is 4.18. The minimum Gasteiger partial charge on any atom is -0.324 e. The highest BCUT2D eigenvalue weighted by Crippen LogP contribution is 2.36. The zero-order valence-electron chi connectivity index (χ0n) is 6.45. The molecular weight excluding hydrogens is 151 g/mol. The molecule has 2 N–H and O–H groups in total. The fourth-order valence-corrected chi connectivity index (χ4v) is 1.37. The third-order valence-corrected chi connectivity index (χ3v) is 2.45. The maximum Gasteiger partial charge on any atom is 0.325 e. The Labute approximate surface area is 61.6 Å². The number of hydrogen-bond acceptors (Lipinski definition) is 1. The van der Waals surface area contributed by atoms with Crippen LogP contribution < -0.4 is 0 Å². The summed E-state index contributed by atoms with van der Waals surface area (Å²) in [6.07, 6.45) is 1.64. The molecule has 0 radical (unpaired) electrons. The van der Waals surface area contributed by atoms with Gasteiger partial charge in [0.1, 0.15) is 0 Å². The predicted molar refractivity (Wildman–Crippen MR) is 41.0 cm³/mol. The topological polar surface area (TPSA) is 57.5 Å². The van der Waals surface area contributed by atoms with Crippen LogP contribution in [0.1, 0.15) is 26.7 Å². The molecule has 0 bridgehead atoms.